The van der Waals surface area contributed by atoms with Crippen molar-refractivity contribution >= 4 is 0 Å². The van der Waals surface area contributed by atoms with E-state index < -0.39 is 0 Å². The molecule has 1 unspecified atom stereocenters. The number of hydrogen-bond donors (Lipinski definition) is 2. The quantitative estimate of drug-likeness (QED) is 0.857. The van der Waals surface area contributed by atoms with Crippen LogP contribution in [0.3, 0.4) is 0 Å². The second-order valence-electron chi connectivity index (χ2n) is 4.81. The summed E-state index contributed by atoms with van der Waals surface area (Å²) in [6, 6.07) is 16.5. The van der Waals surface area contributed by atoms with Crippen molar-refractivity contribution in [2.45, 2.75) is 25.8 Å². The summed E-state index contributed by atoms with van der Waals surface area (Å²) in [5, 5.41) is 12.9. The van der Waals surface area contributed by atoms with Crippen LogP contribution in [0.5, 0.6) is 5.75 Å². The van der Waals surface area contributed by atoms with E-state index >= 15 is 0 Å². The van der Waals surface area contributed by atoms with Gasteiger partial charge in [-0.2, -0.15) is 0 Å². The van der Waals surface area contributed by atoms with Crippen LogP contribution in [0.15, 0.2) is 48.5 Å². The summed E-state index contributed by atoms with van der Waals surface area (Å²) in [7, 11) is 1.97. The maximum absolute atomic E-state index is 9.52. The first-order chi connectivity index (χ1) is 9.22. The van der Waals surface area contributed by atoms with Gasteiger partial charge in [0, 0.05) is 6.04 Å². The van der Waals surface area contributed by atoms with E-state index in [1.807, 2.05) is 25.2 Å². The average Bonchev–Trinajstić information content (AvgIpc) is 2.45. The zero-order valence-corrected chi connectivity index (χ0v) is 11.6. The van der Waals surface area contributed by atoms with Gasteiger partial charge in [-0.3, -0.25) is 0 Å². The van der Waals surface area contributed by atoms with E-state index in [0.29, 0.717) is 5.75 Å². The van der Waals surface area contributed by atoms with Crippen LogP contribution in [0.4, 0.5) is 0 Å². The van der Waals surface area contributed by atoms with Gasteiger partial charge in [0.25, 0.3) is 0 Å². The molecular weight excluding hydrogens is 234 g/mol. The van der Waals surface area contributed by atoms with E-state index in [4.69, 9.17) is 0 Å². The highest BCUT2D eigenvalue weighted by molar-refractivity contribution is 5.30. The molecule has 0 saturated heterocycles. The Labute approximate surface area is 115 Å². The van der Waals surface area contributed by atoms with Gasteiger partial charge < -0.3 is 10.4 Å². The molecule has 0 heterocycles. The minimum atomic E-state index is 0.271. The lowest BCUT2D eigenvalue weighted by molar-refractivity contribution is 0.473. The molecule has 19 heavy (non-hydrogen) atoms. The van der Waals surface area contributed by atoms with Gasteiger partial charge in [0.2, 0.25) is 0 Å². The molecule has 0 aliphatic rings. The summed E-state index contributed by atoms with van der Waals surface area (Å²) < 4.78 is 0. The lowest BCUT2D eigenvalue weighted by atomic mass is 9.97. The first-order valence-corrected chi connectivity index (χ1v) is 6.77. The van der Waals surface area contributed by atoms with Gasteiger partial charge in [0.1, 0.15) is 5.75 Å². The summed E-state index contributed by atoms with van der Waals surface area (Å²) in [5.41, 5.74) is 3.78. The Morgan fingerprint density at radius 1 is 1.05 bits per heavy atom. The molecule has 0 amide bonds. The molecule has 2 aromatic rings. The molecule has 0 radical (unpaired) electrons. The molecule has 100 valence electrons. The molecule has 2 heteroatoms. The third kappa shape index (κ3) is 3.58. The molecule has 0 bridgehead atoms. The second kappa shape index (κ2) is 6.39. The number of aromatic hydroxyl groups is 1. The maximum atomic E-state index is 9.52. The van der Waals surface area contributed by atoms with E-state index in [1.165, 1.54) is 11.1 Å². The normalized spacial score (nSPS) is 12.3. The monoisotopic (exact) mass is 255 g/mol. The van der Waals surface area contributed by atoms with E-state index in [2.05, 4.69) is 36.5 Å². The molecule has 2 N–H and O–H groups in total. The second-order valence-corrected chi connectivity index (χ2v) is 4.81. The van der Waals surface area contributed by atoms with Crippen molar-refractivity contribution in [2.75, 3.05) is 7.05 Å². The molecular formula is C17H21NO. The largest absolute Gasteiger partial charge is 0.508 e. The number of rotatable bonds is 5. The van der Waals surface area contributed by atoms with Crippen LogP contribution in [0.2, 0.25) is 0 Å². The van der Waals surface area contributed by atoms with E-state index in [0.717, 1.165) is 18.4 Å². The highest BCUT2D eigenvalue weighted by Crippen LogP contribution is 2.21. The number of benzene rings is 2. The predicted molar refractivity (Wildman–Crippen MR) is 79.4 cm³/mol. The zero-order valence-electron chi connectivity index (χ0n) is 11.6. The molecule has 0 aliphatic carbocycles. The van der Waals surface area contributed by atoms with E-state index in [9.17, 15) is 5.11 Å². The highest BCUT2D eigenvalue weighted by Gasteiger charge is 2.10. The smallest absolute Gasteiger partial charge is 0.115 e. The van der Waals surface area contributed by atoms with Crippen molar-refractivity contribution in [3.05, 3.63) is 65.2 Å². The Hall–Kier alpha value is -1.80. The summed E-state index contributed by atoms with van der Waals surface area (Å²) in [6.07, 6.45) is 1.94. The fraction of sp³-hybridized carbons (Fsp3) is 0.294. The fourth-order valence-electron chi connectivity index (χ4n) is 2.29. The summed E-state index contributed by atoms with van der Waals surface area (Å²) in [5.74, 6) is 0.327. The molecule has 0 saturated carbocycles. The van der Waals surface area contributed by atoms with Crippen molar-refractivity contribution in [1.82, 2.24) is 5.32 Å². The van der Waals surface area contributed by atoms with Gasteiger partial charge in [-0.1, -0.05) is 43.3 Å². The zero-order chi connectivity index (χ0) is 13.7. The van der Waals surface area contributed by atoms with Crippen LogP contribution in [0.25, 0.3) is 0 Å². The lowest BCUT2D eigenvalue weighted by Gasteiger charge is -2.17. The maximum Gasteiger partial charge on any atom is 0.115 e. The van der Waals surface area contributed by atoms with Gasteiger partial charge in [0.05, 0.1) is 0 Å². The van der Waals surface area contributed by atoms with Gasteiger partial charge in [0.15, 0.2) is 0 Å². The number of aryl methyl sites for hydroxylation is 1. The average molecular weight is 255 g/mol. The first-order valence-electron chi connectivity index (χ1n) is 6.77. The van der Waals surface area contributed by atoms with Gasteiger partial charge in [-0.25, -0.2) is 0 Å². The Bertz CT molecular complexity index is 519. The Morgan fingerprint density at radius 3 is 2.37 bits per heavy atom. The van der Waals surface area contributed by atoms with Crippen molar-refractivity contribution in [3.63, 3.8) is 0 Å². The Balaban J connectivity index is 2.15. The molecule has 2 nitrogen and oxygen atoms in total. The Morgan fingerprint density at radius 2 is 1.79 bits per heavy atom. The highest BCUT2D eigenvalue weighted by atomic mass is 16.3. The lowest BCUT2D eigenvalue weighted by Crippen LogP contribution is -2.18. The minimum absolute atomic E-state index is 0.271. The number of hydrogen-bond acceptors (Lipinski definition) is 2. The summed E-state index contributed by atoms with van der Waals surface area (Å²) >= 11 is 0. The SMILES string of the molecule is CCc1ccc(C(Cc2cccc(O)c2)NC)cc1. The number of nitrogens with one attached hydrogen (secondary N) is 1. The van der Waals surface area contributed by atoms with Crippen LogP contribution >= 0.6 is 0 Å². The molecule has 1 atom stereocenters. The van der Waals surface area contributed by atoms with Crippen LogP contribution in [0.1, 0.15) is 29.7 Å². The molecule has 0 aromatic heterocycles. The minimum Gasteiger partial charge on any atom is -0.508 e. The van der Waals surface area contributed by atoms with Gasteiger partial charge in [-0.05, 0) is 48.7 Å². The molecule has 0 spiro atoms. The standard InChI is InChI=1S/C17H21NO/c1-3-13-7-9-15(10-8-13)17(18-2)12-14-5-4-6-16(19)11-14/h4-11,17-19H,3,12H2,1-2H3. The Kier molecular flexibility index (Phi) is 4.58. The predicted octanol–water partition coefficient (Wildman–Crippen LogP) is 3.46. The van der Waals surface area contributed by atoms with Crippen LogP contribution in [0, 0.1) is 0 Å². The third-order valence-corrected chi connectivity index (χ3v) is 3.49. The van der Waals surface area contributed by atoms with Crippen molar-refractivity contribution in [1.29, 1.82) is 0 Å². The number of phenolic OH excluding ortho intramolecular Hbond substituents is 1. The van der Waals surface area contributed by atoms with Crippen molar-refractivity contribution in [3.8, 4) is 5.75 Å². The third-order valence-electron chi connectivity index (χ3n) is 3.49. The van der Waals surface area contributed by atoms with E-state index in [-0.39, 0.29) is 6.04 Å². The van der Waals surface area contributed by atoms with Crippen LogP contribution in [-0.4, -0.2) is 12.2 Å². The summed E-state index contributed by atoms with van der Waals surface area (Å²) in [4.78, 5) is 0. The number of phenols is 1. The number of likely N-dealkylation sites (N-methyl/N-ethyl adjacent to an activating group) is 1. The molecule has 0 aliphatic heterocycles. The van der Waals surface area contributed by atoms with Crippen molar-refractivity contribution in [2.24, 2.45) is 0 Å². The topological polar surface area (TPSA) is 32.3 Å². The van der Waals surface area contributed by atoms with Crippen LogP contribution < -0.4 is 5.32 Å². The molecule has 2 rings (SSSR count). The first kappa shape index (κ1) is 13.6. The fourth-order valence-corrected chi connectivity index (χ4v) is 2.29. The van der Waals surface area contributed by atoms with E-state index in [1.54, 1.807) is 6.07 Å². The van der Waals surface area contributed by atoms with Gasteiger partial charge >= 0.3 is 0 Å². The molecule has 2 aromatic carbocycles. The summed E-state index contributed by atoms with van der Waals surface area (Å²) in [6.45, 7) is 2.16. The van der Waals surface area contributed by atoms with Gasteiger partial charge in [-0.15, -0.1) is 0 Å². The molecule has 0 fully saturated rings. The van der Waals surface area contributed by atoms with Crippen LogP contribution in [-0.2, 0) is 12.8 Å². The van der Waals surface area contributed by atoms with Crippen molar-refractivity contribution < 1.29 is 5.11 Å².